The Labute approximate surface area is 352 Å². The minimum absolute atomic E-state index is 0.386. The lowest BCUT2D eigenvalue weighted by Gasteiger charge is -2.50. The first kappa shape index (κ1) is 51.7. The molecule has 0 amide bonds. The van der Waals surface area contributed by atoms with Gasteiger partial charge < -0.3 is 121 Å². The monoisotopic (exact) mass is 906 g/mol. The summed E-state index contributed by atoms with van der Waals surface area (Å²) in [5, 5.41) is 81.7. The molecular weight excluding hydrogens is 848 g/mol. The number of hydrogen-bond acceptors (Lipinski definition) is 24. The third-order valence-electron chi connectivity index (χ3n) is 10.4. The molecule has 358 valence electrons. The first-order valence-electron chi connectivity index (χ1n) is 19.3. The summed E-state index contributed by atoms with van der Waals surface area (Å²) in [4.78, 5) is 44.7. The van der Waals surface area contributed by atoms with Gasteiger partial charge in [0.25, 0.3) is 0 Å². The Kier molecular flexibility index (Phi) is 19.9. The third-order valence-corrected chi connectivity index (χ3v) is 10.4. The summed E-state index contributed by atoms with van der Waals surface area (Å²) >= 11 is 0. The Morgan fingerprint density at radius 3 is 1.00 bits per heavy atom. The van der Waals surface area contributed by atoms with Crippen molar-refractivity contribution in [2.75, 3.05) is 60.0 Å². The molecule has 0 aromatic carbocycles. The van der Waals surface area contributed by atoms with E-state index in [1.54, 1.807) is 6.92 Å². The van der Waals surface area contributed by atoms with Crippen LogP contribution in [0, 0.1) is 0 Å². The number of rotatable bonds is 23. The quantitative estimate of drug-likeness (QED) is 0.0453. The molecule has 0 spiro atoms. The molecule has 28 nitrogen and oxygen atoms in total. The zero-order valence-electron chi connectivity index (χ0n) is 33.6. The molecule has 4 saturated heterocycles. The van der Waals surface area contributed by atoms with Crippen molar-refractivity contribution in [2.45, 2.75) is 129 Å². The van der Waals surface area contributed by atoms with E-state index >= 15 is 0 Å². The molecule has 0 bridgehead atoms. The largest absolute Gasteiger partial charge is 0.480 e. The van der Waals surface area contributed by atoms with Gasteiger partial charge in [-0.05, 0) is 6.92 Å². The topological polar surface area (TPSA) is 445 Å². The van der Waals surface area contributed by atoms with Gasteiger partial charge in [-0.3, -0.25) is 0 Å². The molecule has 8 unspecified atom stereocenters. The van der Waals surface area contributed by atoms with Gasteiger partial charge in [0.05, 0.1) is 56.7 Å². The zero-order valence-corrected chi connectivity index (χ0v) is 33.6. The fraction of sp³-hybridized carbons (Fsp3) is 0.882. The lowest BCUT2D eigenvalue weighted by Crippen LogP contribution is -2.70. The molecule has 4 fully saturated rings. The van der Waals surface area contributed by atoms with E-state index in [1.165, 1.54) is 7.11 Å². The lowest BCUT2D eigenvalue weighted by molar-refractivity contribution is -0.357. The van der Waals surface area contributed by atoms with Crippen LogP contribution in [0.15, 0.2) is 0 Å². The molecule has 28 heteroatoms. The number of methoxy groups -OCH3 is 1. The number of aliphatic carboxylic acids is 4. The van der Waals surface area contributed by atoms with E-state index < -0.39 is 193 Å². The predicted octanol–water partition coefficient (Wildman–Crippen LogP) is -7.72. The molecule has 4 rings (SSSR count). The van der Waals surface area contributed by atoms with Crippen LogP contribution in [0.4, 0.5) is 0 Å². The van der Waals surface area contributed by atoms with Crippen molar-refractivity contribution in [2.24, 2.45) is 22.9 Å². The molecule has 62 heavy (non-hydrogen) atoms. The fourth-order valence-corrected chi connectivity index (χ4v) is 7.20. The van der Waals surface area contributed by atoms with Gasteiger partial charge in [0.15, 0.2) is 18.9 Å². The van der Waals surface area contributed by atoms with Crippen LogP contribution in [0.25, 0.3) is 0 Å². The number of hydrogen-bond donors (Lipinski definition) is 12. The average molecular weight is 907 g/mol. The molecule has 20 atom stereocenters. The summed E-state index contributed by atoms with van der Waals surface area (Å²) in [7, 11) is 1.24. The maximum Gasteiger partial charge on any atom is 0.329 e. The minimum Gasteiger partial charge on any atom is -0.480 e. The highest BCUT2D eigenvalue weighted by Gasteiger charge is 2.54. The summed E-state index contributed by atoms with van der Waals surface area (Å²) in [6.07, 6.45) is -23.0. The van der Waals surface area contributed by atoms with Crippen molar-refractivity contribution < 1.29 is 117 Å². The number of nitrogens with two attached hydrogens (primary N) is 4. The second kappa shape index (κ2) is 23.8. The number of carboxylic acids is 4. The normalized spacial score (nSPS) is 41.4. The van der Waals surface area contributed by atoms with E-state index in [0.717, 1.165) is 0 Å². The van der Waals surface area contributed by atoms with Gasteiger partial charge >= 0.3 is 23.9 Å². The van der Waals surface area contributed by atoms with Crippen molar-refractivity contribution in [1.29, 1.82) is 0 Å². The van der Waals surface area contributed by atoms with Crippen LogP contribution in [0.1, 0.15) is 6.92 Å². The summed E-state index contributed by atoms with van der Waals surface area (Å²) in [6.45, 7) is -3.56. The highest BCUT2D eigenvalue weighted by Crippen LogP contribution is 2.34. The van der Waals surface area contributed by atoms with E-state index in [9.17, 15) is 49.8 Å². The van der Waals surface area contributed by atoms with E-state index in [4.69, 9.17) is 90.0 Å². The van der Waals surface area contributed by atoms with Crippen LogP contribution in [0.2, 0.25) is 0 Å². The van der Waals surface area contributed by atoms with Crippen molar-refractivity contribution in [3.05, 3.63) is 0 Å². The number of aliphatic hydroxyl groups is 4. The molecule has 4 aliphatic rings. The van der Waals surface area contributed by atoms with Crippen molar-refractivity contribution >= 4 is 23.9 Å². The summed E-state index contributed by atoms with van der Waals surface area (Å²) in [5.41, 5.74) is 25.1. The lowest BCUT2D eigenvalue weighted by atomic mass is 9.93. The first-order valence-corrected chi connectivity index (χ1v) is 19.3. The SMILES string of the molecule is CO[C@@H]1C(COCC(=O)O)O[C@@H](O[C@@H]2C(COCC(=O)O)O[C@@H](O[C@@H]3C(COCC(=O)O)O[C@@H](O[C@@H]4C(COCC(=O)O)O[C@@H](C)C(N)[C@H]4O)C(N)[C@H]3O)C(N)[C@H]2O)C(N)[C@H]1O. The highest BCUT2D eigenvalue weighted by atomic mass is 16.8. The highest BCUT2D eigenvalue weighted by molar-refractivity contribution is 5.68. The smallest absolute Gasteiger partial charge is 0.329 e. The number of aliphatic hydroxyl groups excluding tert-OH is 4. The van der Waals surface area contributed by atoms with Crippen LogP contribution in [0.5, 0.6) is 0 Å². The van der Waals surface area contributed by atoms with Gasteiger partial charge in [0.2, 0.25) is 0 Å². The fourth-order valence-electron chi connectivity index (χ4n) is 7.20. The van der Waals surface area contributed by atoms with Crippen molar-refractivity contribution in [3.8, 4) is 0 Å². The number of carbonyl (C=O) groups is 4. The van der Waals surface area contributed by atoms with Crippen LogP contribution < -0.4 is 22.9 Å². The Hall–Kier alpha value is -2.92. The van der Waals surface area contributed by atoms with Crippen LogP contribution in [0.3, 0.4) is 0 Å². The van der Waals surface area contributed by atoms with Gasteiger partial charge in [0, 0.05) is 7.11 Å². The molecule has 0 aliphatic carbocycles. The molecule has 0 aromatic rings. The second-order valence-corrected chi connectivity index (χ2v) is 14.9. The van der Waals surface area contributed by atoms with Crippen LogP contribution in [-0.2, 0) is 76.0 Å². The molecule has 4 heterocycles. The first-order chi connectivity index (χ1) is 29.2. The average Bonchev–Trinajstić information content (AvgIpc) is 3.19. The molecule has 0 radical (unpaired) electrons. The Morgan fingerprint density at radius 1 is 0.452 bits per heavy atom. The minimum atomic E-state index is -1.80. The van der Waals surface area contributed by atoms with Crippen molar-refractivity contribution in [3.63, 3.8) is 0 Å². The predicted molar refractivity (Wildman–Crippen MR) is 195 cm³/mol. The van der Waals surface area contributed by atoms with E-state index in [2.05, 4.69) is 0 Å². The van der Waals surface area contributed by atoms with Gasteiger partial charge in [-0.1, -0.05) is 0 Å². The van der Waals surface area contributed by atoms with Gasteiger partial charge in [0.1, 0.15) is 99.7 Å². The van der Waals surface area contributed by atoms with Gasteiger partial charge in [-0.25, -0.2) is 19.2 Å². The standard InChI is InChI=1S/C34H58N4O24/c1-11-20(35)24(47)29(13(56-11)4-53-8-17(41)42)60-33-22(37)26(49)31(15(58-33)6-55-10-19(45)46)62-34-23(38)27(50)30(14(59-34)5-54-9-18(43)44)61-32-21(36)25(48)28(51-2)12(57-32)3-52-7-16(39)40/h11-15,20-34,47-50H,3-10,35-38H2,1-2H3,(H,39,40)(H,41,42)(H,43,44)(H,45,46)/t11-,12?,13?,14?,15?,20?,21?,22?,23?,24+,25+,26+,27+,28+,29+,30+,31+,32-,33-,34-/m0/s1. The maximum atomic E-state index is 11.6. The molecule has 4 aliphatic heterocycles. The van der Waals surface area contributed by atoms with E-state index in [0.29, 0.717) is 0 Å². The number of carboxylic acid groups (broad SMARTS) is 4. The Balaban J connectivity index is 1.56. The Bertz CT molecular complexity index is 1460. The van der Waals surface area contributed by atoms with E-state index in [-0.39, 0.29) is 6.61 Å². The van der Waals surface area contributed by atoms with Crippen LogP contribution >= 0.6 is 0 Å². The third kappa shape index (κ3) is 13.6. The maximum absolute atomic E-state index is 11.6. The van der Waals surface area contributed by atoms with Crippen LogP contribution in [-0.4, -0.2) is 247 Å². The molecular formula is C34H58N4O24. The summed E-state index contributed by atoms with van der Waals surface area (Å²) < 4.78 is 68.0. The zero-order chi connectivity index (χ0) is 46.0. The molecule has 0 saturated carbocycles. The molecule has 0 aromatic heterocycles. The van der Waals surface area contributed by atoms with E-state index in [1.807, 2.05) is 0 Å². The second-order valence-electron chi connectivity index (χ2n) is 14.9. The Morgan fingerprint density at radius 2 is 0.710 bits per heavy atom. The van der Waals surface area contributed by atoms with Gasteiger partial charge in [-0.2, -0.15) is 0 Å². The van der Waals surface area contributed by atoms with Gasteiger partial charge in [-0.15, -0.1) is 0 Å². The van der Waals surface area contributed by atoms with Crippen molar-refractivity contribution in [1.82, 2.24) is 0 Å². The molecule has 16 N–H and O–H groups in total. The summed E-state index contributed by atoms with van der Waals surface area (Å²) in [6, 6.07) is -5.49. The summed E-state index contributed by atoms with van der Waals surface area (Å²) in [5.74, 6) is -5.32. The number of ether oxygens (including phenoxy) is 12.